The minimum atomic E-state index is -0.0361. The number of carbonyl (C=O) groups excluding carboxylic acids is 1. The van der Waals surface area contributed by atoms with Gasteiger partial charge in [-0.2, -0.15) is 0 Å². The van der Waals surface area contributed by atoms with Crippen LogP contribution in [0.4, 0.5) is 0 Å². The number of rotatable bonds is 7. The second-order valence-electron chi connectivity index (χ2n) is 4.23. The molecule has 2 unspecified atom stereocenters. The highest BCUT2D eigenvalue weighted by molar-refractivity contribution is 7.09. The first-order valence-corrected chi connectivity index (χ1v) is 6.85. The summed E-state index contributed by atoms with van der Waals surface area (Å²) in [5, 5.41) is 8.75. The highest BCUT2D eigenvalue weighted by Gasteiger charge is 2.13. The van der Waals surface area contributed by atoms with E-state index in [1.807, 2.05) is 26.3 Å². The summed E-state index contributed by atoms with van der Waals surface area (Å²) in [4.78, 5) is 16.1. The molecule has 0 saturated heterocycles. The van der Waals surface area contributed by atoms with Crippen molar-refractivity contribution in [3.05, 3.63) is 16.1 Å². The molecular weight excluding hydrogens is 250 g/mol. The number of carbonyl (C=O) groups is 1. The number of nitrogens with zero attached hydrogens (tertiary/aromatic N) is 1. The largest absolute Gasteiger partial charge is 0.375 e. The summed E-state index contributed by atoms with van der Waals surface area (Å²) in [6.07, 6.45) is 0.00247. The number of methoxy groups -OCH3 is 1. The van der Waals surface area contributed by atoms with Crippen molar-refractivity contribution in [1.29, 1.82) is 0 Å². The molecule has 0 aliphatic carbocycles. The standard InChI is InChI=1S/C12H21N3O2S/c1-8(5-13-3)11(16)14-6-10-7-18-12(15-10)9(2)17-4/h7-9,13H,5-6H2,1-4H3,(H,14,16). The molecule has 1 rings (SSSR count). The average molecular weight is 271 g/mol. The normalized spacial score (nSPS) is 14.2. The fourth-order valence-electron chi connectivity index (χ4n) is 1.44. The highest BCUT2D eigenvalue weighted by atomic mass is 32.1. The number of hydrogen-bond donors (Lipinski definition) is 2. The predicted octanol–water partition coefficient (Wildman–Crippen LogP) is 1.32. The van der Waals surface area contributed by atoms with E-state index in [1.165, 1.54) is 0 Å². The van der Waals surface area contributed by atoms with Crippen LogP contribution in [0, 0.1) is 5.92 Å². The molecule has 0 fully saturated rings. The van der Waals surface area contributed by atoms with Gasteiger partial charge in [-0.05, 0) is 14.0 Å². The van der Waals surface area contributed by atoms with Crippen molar-refractivity contribution in [3.63, 3.8) is 0 Å². The van der Waals surface area contributed by atoms with Gasteiger partial charge in [-0.15, -0.1) is 11.3 Å². The summed E-state index contributed by atoms with van der Waals surface area (Å²) < 4.78 is 5.20. The van der Waals surface area contributed by atoms with E-state index in [1.54, 1.807) is 18.4 Å². The summed E-state index contributed by atoms with van der Waals surface area (Å²) >= 11 is 1.55. The molecule has 0 bridgehead atoms. The molecule has 18 heavy (non-hydrogen) atoms. The summed E-state index contributed by atoms with van der Waals surface area (Å²) in [6, 6.07) is 0. The van der Waals surface area contributed by atoms with Gasteiger partial charge in [0, 0.05) is 25.0 Å². The first kappa shape index (κ1) is 15.1. The summed E-state index contributed by atoms with van der Waals surface area (Å²) in [6.45, 7) is 5.00. The van der Waals surface area contributed by atoms with Crippen molar-refractivity contribution in [2.45, 2.75) is 26.5 Å². The summed E-state index contributed by atoms with van der Waals surface area (Å²) in [5.41, 5.74) is 0.879. The lowest BCUT2D eigenvalue weighted by Crippen LogP contribution is -2.33. The van der Waals surface area contributed by atoms with Gasteiger partial charge in [0.15, 0.2) is 0 Å². The summed E-state index contributed by atoms with van der Waals surface area (Å²) in [5.74, 6) is 0.00435. The lowest BCUT2D eigenvalue weighted by molar-refractivity contribution is -0.124. The Morgan fingerprint density at radius 2 is 2.28 bits per heavy atom. The average Bonchev–Trinajstić information content (AvgIpc) is 2.84. The molecule has 0 spiro atoms. The monoisotopic (exact) mass is 271 g/mol. The third-order valence-corrected chi connectivity index (χ3v) is 3.73. The van der Waals surface area contributed by atoms with E-state index in [0.717, 1.165) is 10.7 Å². The first-order chi connectivity index (χ1) is 8.58. The fraction of sp³-hybridized carbons (Fsp3) is 0.667. The zero-order chi connectivity index (χ0) is 13.5. The van der Waals surface area contributed by atoms with Gasteiger partial charge in [0.1, 0.15) is 11.1 Å². The molecule has 0 saturated carbocycles. The maximum atomic E-state index is 11.7. The first-order valence-electron chi connectivity index (χ1n) is 5.97. The van der Waals surface area contributed by atoms with Crippen molar-refractivity contribution < 1.29 is 9.53 Å². The number of aromatic nitrogens is 1. The lowest BCUT2D eigenvalue weighted by atomic mass is 10.1. The number of nitrogens with one attached hydrogen (secondary N) is 2. The molecular formula is C12H21N3O2S. The van der Waals surface area contributed by atoms with Crippen LogP contribution in [0.15, 0.2) is 5.38 Å². The molecule has 1 aromatic rings. The van der Waals surface area contributed by atoms with Gasteiger partial charge in [-0.1, -0.05) is 6.92 Å². The topological polar surface area (TPSA) is 63.2 Å². The SMILES string of the molecule is CNCC(C)C(=O)NCc1csc(C(C)OC)n1. The number of thiazole rings is 1. The van der Waals surface area contributed by atoms with Crippen molar-refractivity contribution >= 4 is 17.2 Å². The van der Waals surface area contributed by atoms with Crippen molar-refractivity contribution in [2.75, 3.05) is 20.7 Å². The van der Waals surface area contributed by atoms with Crippen LogP contribution < -0.4 is 10.6 Å². The molecule has 0 radical (unpaired) electrons. The van der Waals surface area contributed by atoms with E-state index in [9.17, 15) is 4.79 Å². The minimum absolute atomic E-state index is 0.00247. The molecule has 2 N–H and O–H groups in total. The van der Waals surface area contributed by atoms with Crippen LogP contribution in [-0.2, 0) is 16.1 Å². The third kappa shape index (κ3) is 4.36. The van der Waals surface area contributed by atoms with Crippen LogP contribution in [-0.4, -0.2) is 31.6 Å². The third-order valence-electron chi connectivity index (χ3n) is 2.67. The van der Waals surface area contributed by atoms with Gasteiger partial charge in [-0.3, -0.25) is 4.79 Å². The zero-order valence-corrected chi connectivity index (χ0v) is 12.1. The fourth-order valence-corrected chi connectivity index (χ4v) is 2.29. The zero-order valence-electron chi connectivity index (χ0n) is 11.3. The van der Waals surface area contributed by atoms with Gasteiger partial charge in [0.2, 0.25) is 5.91 Å². The number of ether oxygens (including phenoxy) is 1. The van der Waals surface area contributed by atoms with Crippen LogP contribution in [0.3, 0.4) is 0 Å². The minimum Gasteiger partial charge on any atom is -0.375 e. The number of hydrogen-bond acceptors (Lipinski definition) is 5. The van der Waals surface area contributed by atoms with Gasteiger partial charge < -0.3 is 15.4 Å². The van der Waals surface area contributed by atoms with Crippen molar-refractivity contribution in [1.82, 2.24) is 15.6 Å². The lowest BCUT2D eigenvalue weighted by Gasteiger charge is -2.10. The highest BCUT2D eigenvalue weighted by Crippen LogP contribution is 2.20. The Balaban J connectivity index is 2.44. The van der Waals surface area contributed by atoms with E-state index < -0.39 is 0 Å². The molecule has 0 aromatic carbocycles. The molecule has 1 aromatic heterocycles. The van der Waals surface area contributed by atoms with E-state index >= 15 is 0 Å². The van der Waals surface area contributed by atoms with Gasteiger partial charge >= 0.3 is 0 Å². The number of amides is 1. The molecule has 1 amide bonds. The summed E-state index contributed by atoms with van der Waals surface area (Å²) in [7, 11) is 3.50. The quantitative estimate of drug-likeness (QED) is 0.785. The smallest absolute Gasteiger partial charge is 0.224 e. The Morgan fingerprint density at radius 1 is 1.56 bits per heavy atom. The molecule has 0 aliphatic heterocycles. The van der Waals surface area contributed by atoms with Crippen LogP contribution in [0.1, 0.15) is 30.7 Å². The molecule has 2 atom stereocenters. The Kier molecular flexibility index (Phi) is 6.24. The van der Waals surface area contributed by atoms with Gasteiger partial charge in [0.05, 0.1) is 12.2 Å². The van der Waals surface area contributed by atoms with E-state index in [4.69, 9.17) is 4.74 Å². The Hall–Kier alpha value is -0.980. The Bertz CT molecular complexity index is 381. The van der Waals surface area contributed by atoms with E-state index in [0.29, 0.717) is 13.1 Å². The van der Waals surface area contributed by atoms with Crippen LogP contribution in [0.5, 0.6) is 0 Å². The second kappa shape index (κ2) is 7.45. The second-order valence-corrected chi connectivity index (χ2v) is 5.12. The maximum absolute atomic E-state index is 11.7. The van der Waals surface area contributed by atoms with Crippen LogP contribution in [0.2, 0.25) is 0 Å². The van der Waals surface area contributed by atoms with Crippen LogP contribution in [0.25, 0.3) is 0 Å². The molecule has 1 heterocycles. The predicted molar refractivity (Wildman–Crippen MR) is 72.5 cm³/mol. The molecule has 6 heteroatoms. The van der Waals surface area contributed by atoms with Crippen molar-refractivity contribution in [3.8, 4) is 0 Å². The van der Waals surface area contributed by atoms with Crippen molar-refractivity contribution in [2.24, 2.45) is 5.92 Å². The Labute approximate surface area is 112 Å². The van der Waals surface area contributed by atoms with Crippen LogP contribution >= 0.6 is 11.3 Å². The maximum Gasteiger partial charge on any atom is 0.224 e. The van der Waals surface area contributed by atoms with E-state index in [2.05, 4.69) is 15.6 Å². The molecule has 5 nitrogen and oxygen atoms in total. The molecule has 102 valence electrons. The van der Waals surface area contributed by atoms with E-state index in [-0.39, 0.29) is 17.9 Å². The Morgan fingerprint density at radius 3 is 2.89 bits per heavy atom. The van der Waals surface area contributed by atoms with Gasteiger partial charge in [0.25, 0.3) is 0 Å². The van der Waals surface area contributed by atoms with Gasteiger partial charge in [-0.25, -0.2) is 4.98 Å². The molecule has 0 aliphatic rings.